The number of carbonyl (C=O) groups is 1. The van der Waals surface area contributed by atoms with Gasteiger partial charge in [0.05, 0.1) is 6.04 Å². The molecular weight excluding hydrogens is 176 g/mol. The maximum absolute atomic E-state index is 11.8. The molecule has 1 fully saturated rings. The smallest absolute Gasteiger partial charge is 0.239 e. The molecule has 2 atom stereocenters. The van der Waals surface area contributed by atoms with Crippen LogP contribution < -0.4 is 5.73 Å². The Morgan fingerprint density at radius 2 is 2.36 bits per heavy atom. The summed E-state index contributed by atoms with van der Waals surface area (Å²) in [5.74, 6) is 0.792. The molecule has 0 aromatic rings. The van der Waals surface area contributed by atoms with Gasteiger partial charge in [-0.25, -0.2) is 0 Å². The van der Waals surface area contributed by atoms with Crippen LogP contribution in [0.5, 0.6) is 0 Å². The second-order valence-electron chi connectivity index (χ2n) is 4.43. The average Bonchev–Trinajstić information content (AvgIpc) is 2.17. The average molecular weight is 198 g/mol. The van der Waals surface area contributed by atoms with Crippen LogP contribution in [0.1, 0.15) is 39.5 Å². The zero-order valence-electron chi connectivity index (χ0n) is 9.33. The lowest BCUT2D eigenvalue weighted by atomic mass is 9.99. The van der Waals surface area contributed by atoms with Crippen LogP contribution in [0, 0.1) is 5.92 Å². The molecule has 1 amide bonds. The summed E-state index contributed by atoms with van der Waals surface area (Å²) in [5.41, 5.74) is 5.81. The number of hydrogen-bond acceptors (Lipinski definition) is 2. The standard InChI is InChI=1S/C11H22N2O/c1-3-5-10(12)11(14)13-7-4-6-9(2)8-13/h9-10H,3-8,12H2,1-2H3. The molecule has 14 heavy (non-hydrogen) atoms. The quantitative estimate of drug-likeness (QED) is 0.744. The van der Waals surface area contributed by atoms with Crippen molar-refractivity contribution in [2.24, 2.45) is 11.7 Å². The van der Waals surface area contributed by atoms with Gasteiger partial charge >= 0.3 is 0 Å². The van der Waals surface area contributed by atoms with Crippen molar-refractivity contribution < 1.29 is 4.79 Å². The topological polar surface area (TPSA) is 46.3 Å². The number of hydrogen-bond donors (Lipinski definition) is 1. The lowest BCUT2D eigenvalue weighted by Crippen LogP contribution is -2.47. The molecular formula is C11H22N2O. The highest BCUT2D eigenvalue weighted by molar-refractivity contribution is 5.81. The van der Waals surface area contributed by atoms with Crippen molar-refractivity contribution in [1.82, 2.24) is 4.90 Å². The first kappa shape index (κ1) is 11.5. The number of nitrogens with zero attached hydrogens (tertiary/aromatic N) is 1. The van der Waals surface area contributed by atoms with Crippen LogP contribution in [0.15, 0.2) is 0 Å². The van der Waals surface area contributed by atoms with Crippen molar-refractivity contribution in [1.29, 1.82) is 0 Å². The summed E-state index contributed by atoms with van der Waals surface area (Å²) < 4.78 is 0. The molecule has 2 unspecified atom stereocenters. The van der Waals surface area contributed by atoms with Gasteiger partial charge in [-0.15, -0.1) is 0 Å². The molecule has 0 radical (unpaired) electrons. The number of carbonyl (C=O) groups excluding carboxylic acids is 1. The van der Waals surface area contributed by atoms with Crippen molar-refractivity contribution in [3.8, 4) is 0 Å². The maximum Gasteiger partial charge on any atom is 0.239 e. The molecule has 1 rings (SSSR count). The van der Waals surface area contributed by atoms with E-state index in [1.165, 1.54) is 6.42 Å². The summed E-state index contributed by atoms with van der Waals surface area (Å²) in [6, 6.07) is -0.273. The minimum absolute atomic E-state index is 0.151. The summed E-state index contributed by atoms with van der Waals surface area (Å²) in [5, 5.41) is 0. The zero-order chi connectivity index (χ0) is 10.6. The number of rotatable bonds is 3. The van der Waals surface area contributed by atoms with Gasteiger partial charge in [0, 0.05) is 13.1 Å². The Bertz CT molecular complexity index is 194. The third-order valence-electron chi connectivity index (χ3n) is 2.89. The summed E-state index contributed by atoms with van der Waals surface area (Å²) in [7, 11) is 0. The van der Waals surface area contributed by atoms with E-state index in [1.54, 1.807) is 0 Å². The Balaban J connectivity index is 2.42. The lowest BCUT2D eigenvalue weighted by molar-refractivity contribution is -0.134. The van der Waals surface area contributed by atoms with Crippen molar-refractivity contribution >= 4 is 5.91 Å². The highest BCUT2D eigenvalue weighted by atomic mass is 16.2. The van der Waals surface area contributed by atoms with Crippen molar-refractivity contribution in [3.05, 3.63) is 0 Å². The van der Waals surface area contributed by atoms with Gasteiger partial charge in [0.2, 0.25) is 5.91 Å². The molecule has 2 N–H and O–H groups in total. The van der Waals surface area contributed by atoms with Gasteiger partial charge in [-0.1, -0.05) is 20.3 Å². The SMILES string of the molecule is CCCC(N)C(=O)N1CCCC(C)C1. The predicted octanol–water partition coefficient (Wildman–Crippen LogP) is 1.37. The Morgan fingerprint density at radius 1 is 1.64 bits per heavy atom. The second kappa shape index (κ2) is 5.35. The van der Waals surface area contributed by atoms with Crippen LogP contribution in [-0.2, 0) is 4.79 Å². The first-order valence-electron chi connectivity index (χ1n) is 5.69. The van der Waals surface area contributed by atoms with Crippen LogP contribution in [0.3, 0.4) is 0 Å². The van der Waals surface area contributed by atoms with E-state index in [0.29, 0.717) is 5.92 Å². The van der Waals surface area contributed by atoms with Gasteiger partial charge in [0.25, 0.3) is 0 Å². The van der Waals surface area contributed by atoms with Crippen LogP contribution in [0.25, 0.3) is 0 Å². The number of piperidine rings is 1. The highest BCUT2D eigenvalue weighted by Crippen LogP contribution is 2.16. The molecule has 0 aromatic heterocycles. The minimum Gasteiger partial charge on any atom is -0.341 e. The first-order valence-corrected chi connectivity index (χ1v) is 5.69. The molecule has 3 nitrogen and oxygen atoms in total. The van der Waals surface area contributed by atoms with Gasteiger partial charge in [0.15, 0.2) is 0 Å². The third-order valence-corrected chi connectivity index (χ3v) is 2.89. The van der Waals surface area contributed by atoms with Gasteiger partial charge in [-0.05, 0) is 25.2 Å². The Kier molecular flexibility index (Phi) is 4.39. The largest absolute Gasteiger partial charge is 0.341 e. The predicted molar refractivity (Wildman–Crippen MR) is 57.9 cm³/mol. The van der Waals surface area contributed by atoms with Gasteiger partial charge < -0.3 is 10.6 Å². The van der Waals surface area contributed by atoms with Crippen LogP contribution in [-0.4, -0.2) is 29.9 Å². The number of amides is 1. The molecule has 82 valence electrons. The van der Waals surface area contributed by atoms with Crippen LogP contribution in [0.2, 0.25) is 0 Å². The zero-order valence-corrected chi connectivity index (χ0v) is 9.33. The lowest BCUT2D eigenvalue weighted by Gasteiger charge is -2.32. The molecule has 3 heteroatoms. The Morgan fingerprint density at radius 3 is 2.93 bits per heavy atom. The van der Waals surface area contributed by atoms with E-state index in [9.17, 15) is 4.79 Å². The first-order chi connectivity index (χ1) is 6.65. The van der Waals surface area contributed by atoms with Gasteiger partial charge in [-0.2, -0.15) is 0 Å². The molecule has 1 saturated heterocycles. The molecule has 0 saturated carbocycles. The fourth-order valence-electron chi connectivity index (χ4n) is 2.06. The molecule has 0 aliphatic carbocycles. The highest BCUT2D eigenvalue weighted by Gasteiger charge is 2.24. The van der Waals surface area contributed by atoms with E-state index < -0.39 is 0 Å². The molecule has 0 spiro atoms. The fourth-order valence-corrected chi connectivity index (χ4v) is 2.06. The molecule has 1 aliphatic rings. The fraction of sp³-hybridized carbons (Fsp3) is 0.909. The Hall–Kier alpha value is -0.570. The summed E-state index contributed by atoms with van der Waals surface area (Å²) in [4.78, 5) is 13.8. The minimum atomic E-state index is -0.273. The summed E-state index contributed by atoms with van der Waals surface area (Å²) in [6.07, 6.45) is 4.17. The monoisotopic (exact) mass is 198 g/mol. The van der Waals surface area contributed by atoms with E-state index in [1.807, 2.05) is 4.90 Å². The molecule has 1 heterocycles. The van der Waals surface area contributed by atoms with Crippen molar-refractivity contribution in [2.45, 2.75) is 45.6 Å². The summed E-state index contributed by atoms with van der Waals surface area (Å²) in [6.45, 7) is 6.06. The summed E-state index contributed by atoms with van der Waals surface area (Å²) >= 11 is 0. The third kappa shape index (κ3) is 2.98. The van der Waals surface area contributed by atoms with Crippen LogP contribution >= 0.6 is 0 Å². The second-order valence-corrected chi connectivity index (χ2v) is 4.43. The van der Waals surface area contributed by atoms with Crippen LogP contribution in [0.4, 0.5) is 0 Å². The van der Waals surface area contributed by atoms with E-state index in [-0.39, 0.29) is 11.9 Å². The molecule has 0 bridgehead atoms. The number of nitrogens with two attached hydrogens (primary N) is 1. The Labute approximate surface area is 86.6 Å². The van der Waals surface area contributed by atoms with Crippen molar-refractivity contribution in [3.63, 3.8) is 0 Å². The van der Waals surface area contributed by atoms with E-state index >= 15 is 0 Å². The number of likely N-dealkylation sites (tertiary alicyclic amines) is 1. The van der Waals surface area contributed by atoms with Crippen molar-refractivity contribution in [2.75, 3.05) is 13.1 Å². The van der Waals surface area contributed by atoms with E-state index in [4.69, 9.17) is 5.73 Å². The van der Waals surface area contributed by atoms with Gasteiger partial charge in [0.1, 0.15) is 0 Å². The molecule has 1 aliphatic heterocycles. The maximum atomic E-state index is 11.8. The normalized spacial score (nSPS) is 24.8. The van der Waals surface area contributed by atoms with E-state index in [0.717, 1.165) is 32.4 Å². The van der Waals surface area contributed by atoms with E-state index in [2.05, 4.69) is 13.8 Å². The van der Waals surface area contributed by atoms with Gasteiger partial charge in [-0.3, -0.25) is 4.79 Å². The molecule has 0 aromatic carbocycles.